The van der Waals surface area contributed by atoms with Gasteiger partial charge in [0.05, 0.1) is 0 Å². The summed E-state index contributed by atoms with van der Waals surface area (Å²) in [5.74, 6) is 0. The molecular formula is C12H17NS. The van der Waals surface area contributed by atoms with E-state index in [1.165, 1.54) is 12.8 Å². The van der Waals surface area contributed by atoms with Crippen molar-refractivity contribution in [2.24, 2.45) is 0 Å². The highest BCUT2D eigenvalue weighted by atomic mass is 32.1. The van der Waals surface area contributed by atoms with Crippen LogP contribution in [0.2, 0.25) is 0 Å². The summed E-state index contributed by atoms with van der Waals surface area (Å²) in [4.78, 5) is 3.09. The van der Waals surface area contributed by atoms with Crippen molar-refractivity contribution in [2.45, 2.75) is 19.8 Å². The monoisotopic (exact) mass is 207 g/mol. The minimum Gasteiger partial charge on any atom is -0.365 e. The SMILES string of the molecule is CCCCN(C)C(=S)c1ccccc1. The fraction of sp³-hybridized carbons (Fsp3) is 0.417. The largest absolute Gasteiger partial charge is 0.365 e. The van der Waals surface area contributed by atoms with Crippen molar-refractivity contribution in [3.8, 4) is 0 Å². The molecule has 0 heterocycles. The van der Waals surface area contributed by atoms with Crippen LogP contribution in [0, 0.1) is 0 Å². The second-order valence-corrected chi connectivity index (χ2v) is 3.83. The predicted octanol–water partition coefficient (Wildman–Crippen LogP) is 3.09. The van der Waals surface area contributed by atoms with Gasteiger partial charge >= 0.3 is 0 Å². The molecule has 0 saturated heterocycles. The quantitative estimate of drug-likeness (QED) is 0.698. The average molecular weight is 207 g/mol. The fourth-order valence-corrected chi connectivity index (χ4v) is 1.53. The summed E-state index contributed by atoms with van der Waals surface area (Å²) in [6, 6.07) is 10.2. The predicted molar refractivity (Wildman–Crippen MR) is 65.7 cm³/mol. The van der Waals surface area contributed by atoms with Gasteiger partial charge in [0.15, 0.2) is 0 Å². The van der Waals surface area contributed by atoms with Gasteiger partial charge in [0, 0.05) is 19.2 Å². The molecule has 1 aromatic rings. The molecule has 0 bridgehead atoms. The zero-order chi connectivity index (χ0) is 10.4. The number of rotatable bonds is 4. The molecule has 2 heteroatoms. The van der Waals surface area contributed by atoms with Crippen LogP contribution in [-0.2, 0) is 0 Å². The lowest BCUT2D eigenvalue weighted by molar-refractivity contribution is 0.493. The molecule has 0 saturated carbocycles. The minimum absolute atomic E-state index is 0.944. The summed E-state index contributed by atoms with van der Waals surface area (Å²) >= 11 is 5.38. The standard InChI is InChI=1S/C12H17NS/c1-3-4-10-13(2)12(14)11-8-6-5-7-9-11/h5-9H,3-4,10H2,1-2H3. The van der Waals surface area contributed by atoms with Gasteiger partial charge in [-0.1, -0.05) is 55.9 Å². The third-order valence-electron chi connectivity index (χ3n) is 2.21. The van der Waals surface area contributed by atoms with E-state index < -0.39 is 0 Å². The lowest BCUT2D eigenvalue weighted by atomic mass is 10.2. The summed E-state index contributed by atoms with van der Waals surface area (Å²) in [5.41, 5.74) is 1.14. The Bertz CT molecular complexity index is 282. The summed E-state index contributed by atoms with van der Waals surface area (Å²) in [6.07, 6.45) is 2.41. The van der Waals surface area contributed by atoms with E-state index in [2.05, 4.69) is 31.0 Å². The minimum atomic E-state index is 0.944. The maximum atomic E-state index is 5.38. The van der Waals surface area contributed by atoms with Crippen molar-refractivity contribution in [2.75, 3.05) is 13.6 Å². The normalized spacial score (nSPS) is 9.86. The first-order chi connectivity index (χ1) is 6.75. The molecule has 0 unspecified atom stereocenters. The van der Waals surface area contributed by atoms with Gasteiger partial charge in [0.2, 0.25) is 0 Å². The summed E-state index contributed by atoms with van der Waals surface area (Å²) in [5, 5.41) is 0. The van der Waals surface area contributed by atoms with Crippen molar-refractivity contribution in [3.05, 3.63) is 35.9 Å². The van der Waals surface area contributed by atoms with E-state index in [1.54, 1.807) is 0 Å². The molecule has 0 fully saturated rings. The highest BCUT2D eigenvalue weighted by molar-refractivity contribution is 7.80. The number of nitrogens with zero attached hydrogens (tertiary/aromatic N) is 1. The third kappa shape index (κ3) is 3.11. The molecule has 0 amide bonds. The van der Waals surface area contributed by atoms with Crippen molar-refractivity contribution in [1.29, 1.82) is 0 Å². The van der Waals surface area contributed by atoms with Crippen LogP contribution in [0.1, 0.15) is 25.3 Å². The fourth-order valence-electron chi connectivity index (χ4n) is 1.30. The topological polar surface area (TPSA) is 3.24 Å². The van der Waals surface area contributed by atoms with E-state index in [-0.39, 0.29) is 0 Å². The Kier molecular flexibility index (Phi) is 4.60. The zero-order valence-corrected chi connectivity index (χ0v) is 9.68. The molecule has 0 spiro atoms. The highest BCUT2D eigenvalue weighted by Crippen LogP contribution is 2.05. The van der Waals surface area contributed by atoms with Gasteiger partial charge in [-0.25, -0.2) is 0 Å². The van der Waals surface area contributed by atoms with Crippen molar-refractivity contribution < 1.29 is 0 Å². The molecule has 0 atom stereocenters. The zero-order valence-electron chi connectivity index (χ0n) is 8.86. The lowest BCUT2D eigenvalue weighted by Gasteiger charge is -2.19. The van der Waals surface area contributed by atoms with E-state index in [0.29, 0.717) is 0 Å². The molecule has 0 radical (unpaired) electrons. The number of hydrogen-bond donors (Lipinski definition) is 0. The molecule has 76 valence electrons. The van der Waals surface area contributed by atoms with E-state index >= 15 is 0 Å². The van der Waals surface area contributed by atoms with Crippen molar-refractivity contribution in [1.82, 2.24) is 4.90 Å². The van der Waals surface area contributed by atoms with Gasteiger partial charge in [-0.2, -0.15) is 0 Å². The van der Waals surface area contributed by atoms with Crippen LogP contribution in [0.5, 0.6) is 0 Å². The summed E-state index contributed by atoms with van der Waals surface area (Å²) in [7, 11) is 2.06. The van der Waals surface area contributed by atoms with Crippen LogP contribution in [0.25, 0.3) is 0 Å². The van der Waals surface area contributed by atoms with E-state index in [0.717, 1.165) is 17.1 Å². The summed E-state index contributed by atoms with van der Waals surface area (Å²) in [6.45, 7) is 3.24. The third-order valence-corrected chi connectivity index (χ3v) is 2.76. The second-order valence-electron chi connectivity index (χ2n) is 3.45. The lowest BCUT2D eigenvalue weighted by Crippen LogP contribution is -2.26. The number of thiocarbonyl (C=S) groups is 1. The molecule has 0 aliphatic carbocycles. The van der Waals surface area contributed by atoms with Crippen LogP contribution in [0.3, 0.4) is 0 Å². The first-order valence-corrected chi connectivity index (χ1v) is 5.47. The average Bonchev–Trinajstić information content (AvgIpc) is 2.26. The Labute approximate surface area is 91.7 Å². The van der Waals surface area contributed by atoms with Crippen LogP contribution < -0.4 is 0 Å². The molecule has 0 N–H and O–H groups in total. The van der Waals surface area contributed by atoms with Crippen LogP contribution in [0.4, 0.5) is 0 Å². The van der Waals surface area contributed by atoms with Gasteiger partial charge in [0.1, 0.15) is 4.99 Å². The Morgan fingerprint density at radius 2 is 1.93 bits per heavy atom. The van der Waals surface area contributed by atoms with E-state index in [4.69, 9.17) is 12.2 Å². The Hall–Kier alpha value is -0.890. The second kappa shape index (κ2) is 5.76. The van der Waals surface area contributed by atoms with Crippen LogP contribution in [-0.4, -0.2) is 23.5 Å². The van der Waals surface area contributed by atoms with Gasteiger partial charge in [0.25, 0.3) is 0 Å². The molecular weight excluding hydrogens is 190 g/mol. The van der Waals surface area contributed by atoms with Crippen molar-refractivity contribution >= 4 is 17.2 Å². The molecule has 0 aliphatic heterocycles. The van der Waals surface area contributed by atoms with Gasteiger partial charge in [-0.15, -0.1) is 0 Å². The Morgan fingerprint density at radius 3 is 2.50 bits per heavy atom. The van der Waals surface area contributed by atoms with Crippen LogP contribution in [0.15, 0.2) is 30.3 Å². The maximum Gasteiger partial charge on any atom is 0.108 e. The molecule has 1 rings (SSSR count). The summed E-state index contributed by atoms with van der Waals surface area (Å²) < 4.78 is 0. The van der Waals surface area contributed by atoms with Gasteiger partial charge in [-0.05, 0) is 6.42 Å². The first kappa shape index (κ1) is 11.2. The number of hydrogen-bond acceptors (Lipinski definition) is 1. The number of benzene rings is 1. The molecule has 0 aliphatic rings. The Morgan fingerprint density at radius 1 is 1.29 bits per heavy atom. The Balaban J connectivity index is 2.57. The van der Waals surface area contributed by atoms with Gasteiger partial charge < -0.3 is 4.90 Å². The van der Waals surface area contributed by atoms with E-state index in [9.17, 15) is 0 Å². The highest BCUT2D eigenvalue weighted by Gasteiger charge is 2.04. The van der Waals surface area contributed by atoms with E-state index in [1.807, 2.05) is 18.2 Å². The molecule has 1 nitrogen and oxygen atoms in total. The van der Waals surface area contributed by atoms with Crippen molar-refractivity contribution in [3.63, 3.8) is 0 Å². The molecule has 14 heavy (non-hydrogen) atoms. The smallest absolute Gasteiger partial charge is 0.108 e. The molecule has 1 aromatic carbocycles. The van der Waals surface area contributed by atoms with Crippen LogP contribution >= 0.6 is 12.2 Å². The molecule has 0 aromatic heterocycles. The first-order valence-electron chi connectivity index (χ1n) is 5.06. The maximum absolute atomic E-state index is 5.38. The number of unbranched alkanes of at least 4 members (excludes halogenated alkanes) is 1. The van der Waals surface area contributed by atoms with Gasteiger partial charge in [-0.3, -0.25) is 0 Å².